The smallest absolute Gasteiger partial charge is 0.0163 e. The topological polar surface area (TPSA) is 52.0 Å². The quantitative estimate of drug-likeness (QED) is 0.699. The predicted molar refractivity (Wildman–Crippen MR) is 57.3 cm³/mol. The normalized spacial score (nSPS) is 36.5. The van der Waals surface area contributed by atoms with Crippen molar-refractivity contribution in [3.63, 3.8) is 0 Å². The van der Waals surface area contributed by atoms with Gasteiger partial charge in [0.05, 0.1) is 0 Å². The van der Waals surface area contributed by atoms with Crippen LogP contribution in [0.5, 0.6) is 0 Å². The van der Waals surface area contributed by atoms with Gasteiger partial charge in [-0.05, 0) is 43.4 Å². The molecule has 0 spiro atoms. The molecular weight excluding hydrogens is 160 g/mol. The Morgan fingerprint density at radius 1 is 1.31 bits per heavy atom. The van der Waals surface area contributed by atoms with Gasteiger partial charge in [-0.3, -0.25) is 0 Å². The molecule has 0 saturated heterocycles. The Morgan fingerprint density at radius 3 is 2.46 bits per heavy atom. The number of rotatable bonds is 4. The second kappa shape index (κ2) is 4.97. The summed E-state index contributed by atoms with van der Waals surface area (Å²) in [4.78, 5) is 0. The lowest BCUT2D eigenvalue weighted by Crippen LogP contribution is -2.30. The number of hydrogen-bond acceptors (Lipinski definition) is 2. The second-order valence-corrected chi connectivity index (χ2v) is 4.89. The van der Waals surface area contributed by atoms with Crippen molar-refractivity contribution in [2.45, 2.75) is 45.6 Å². The fourth-order valence-corrected chi connectivity index (χ4v) is 2.62. The van der Waals surface area contributed by atoms with Crippen molar-refractivity contribution in [1.82, 2.24) is 0 Å². The van der Waals surface area contributed by atoms with E-state index in [1.54, 1.807) is 0 Å². The third kappa shape index (κ3) is 3.28. The van der Waals surface area contributed by atoms with Crippen molar-refractivity contribution in [3.8, 4) is 0 Å². The van der Waals surface area contributed by atoms with Gasteiger partial charge in [0.25, 0.3) is 0 Å². The summed E-state index contributed by atoms with van der Waals surface area (Å²) in [6, 6.07) is 0.225. The molecule has 13 heavy (non-hydrogen) atoms. The van der Waals surface area contributed by atoms with E-state index in [4.69, 9.17) is 11.5 Å². The zero-order valence-corrected chi connectivity index (χ0v) is 9.00. The monoisotopic (exact) mass is 184 g/mol. The molecule has 0 amide bonds. The first-order valence-corrected chi connectivity index (χ1v) is 5.59. The molecule has 4 N–H and O–H groups in total. The molecule has 0 aromatic carbocycles. The third-order valence-electron chi connectivity index (χ3n) is 3.50. The summed E-state index contributed by atoms with van der Waals surface area (Å²) in [7, 11) is 0. The lowest BCUT2D eigenvalue weighted by atomic mass is 9.91. The molecule has 4 unspecified atom stereocenters. The highest BCUT2D eigenvalue weighted by molar-refractivity contribution is 4.80. The minimum atomic E-state index is 0.225. The molecule has 0 aromatic heterocycles. The Bertz CT molecular complexity index is 147. The van der Waals surface area contributed by atoms with Gasteiger partial charge in [0.15, 0.2) is 0 Å². The highest BCUT2D eigenvalue weighted by atomic mass is 14.7. The molecule has 2 nitrogen and oxygen atoms in total. The van der Waals surface area contributed by atoms with E-state index < -0.39 is 0 Å². The Balaban J connectivity index is 2.21. The Morgan fingerprint density at radius 2 is 2.00 bits per heavy atom. The van der Waals surface area contributed by atoms with Crippen molar-refractivity contribution in [3.05, 3.63) is 0 Å². The first kappa shape index (κ1) is 11.0. The molecule has 1 rings (SSSR count). The van der Waals surface area contributed by atoms with Crippen molar-refractivity contribution in [2.75, 3.05) is 6.54 Å². The van der Waals surface area contributed by atoms with E-state index >= 15 is 0 Å². The van der Waals surface area contributed by atoms with E-state index in [-0.39, 0.29) is 6.04 Å². The fourth-order valence-electron chi connectivity index (χ4n) is 2.62. The maximum absolute atomic E-state index is 5.81. The van der Waals surface area contributed by atoms with Gasteiger partial charge in [0.2, 0.25) is 0 Å². The molecule has 0 bridgehead atoms. The standard InChI is InChI=1S/C11H24N2/c1-8-5-9(2)10(6-8)3-4-11(13)7-12/h8-11H,3-7,12-13H2,1-2H3. The van der Waals surface area contributed by atoms with E-state index in [1.165, 1.54) is 19.3 Å². The summed E-state index contributed by atoms with van der Waals surface area (Å²) in [5, 5.41) is 0. The van der Waals surface area contributed by atoms with Crippen molar-refractivity contribution in [2.24, 2.45) is 29.2 Å². The molecule has 0 aromatic rings. The van der Waals surface area contributed by atoms with Gasteiger partial charge < -0.3 is 11.5 Å². The third-order valence-corrected chi connectivity index (χ3v) is 3.50. The van der Waals surface area contributed by atoms with Crippen LogP contribution in [-0.2, 0) is 0 Å². The highest BCUT2D eigenvalue weighted by Crippen LogP contribution is 2.38. The summed E-state index contributed by atoms with van der Waals surface area (Å²) in [6.45, 7) is 5.37. The summed E-state index contributed by atoms with van der Waals surface area (Å²) >= 11 is 0. The van der Waals surface area contributed by atoms with E-state index in [1.807, 2.05) is 0 Å². The first-order valence-electron chi connectivity index (χ1n) is 5.59. The van der Waals surface area contributed by atoms with Crippen LogP contribution in [0, 0.1) is 17.8 Å². The van der Waals surface area contributed by atoms with Crippen molar-refractivity contribution in [1.29, 1.82) is 0 Å². The molecule has 1 fully saturated rings. The van der Waals surface area contributed by atoms with Gasteiger partial charge in [0, 0.05) is 12.6 Å². The molecule has 0 aliphatic heterocycles. The van der Waals surface area contributed by atoms with Crippen molar-refractivity contribution >= 4 is 0 Å². The van der Waals surface area contributed by atoms with Gasteiger partial charge in [-0.1, -0.05) is 13.8 Å². The molecule has 1 aliphatic rings. The summed E-state index contributed by atoms with van der Waals surface area (Å²) in [6.07, 6.45) is 5.20. The first-order chi connectivity index (χ1) is 6.13. The van der Waals surface area contributed by atoms with Crippen molar-refractivity contribution < 1.29 is 0 Å². The van der Waals surface area contributed by atoms with Crippen LogP contribution in [0.25, 0.3) is 0 Å². The zero-order valence-electron chi connectivity index (χ0n) is 9.00. The van der Waals surface area contributed by atoms with Gasteiger partial charge in [-0.15, -0.1) is 0 Å². The molecule has 0 radical (unpaired) electrons. The lowest BCUT2D eigenvalue weighted by Gasteiger charge is -2.17. The lowest BCUT2D eigenvalue weighted by molar-refractivity contribution is 0.366. The molecule has 0 heterocycles. The molecule has 2 heteroatoms. The van der Waals surface area contributed by atoms with E-state index in [0.29, 0.717) is 6.54 Å². The van der Waals surface area contributed by atoms with Crippen LogP contribution in [0.4, 0.5) is 0 Å². The minimum absolute atomic E-state index is 0.225. The molecule has 4 atom stereocenters. The predicted octanol–water partition coefficient (Wildman–Crippen LogP) is 1.73. The van der Waals surface area contributed by atoms with Crippen LogP contribution in [-0.4, -0.2) is 12.6 Å². The number of hydrogen-bond donors (Lipinski definition) is 2. The van der Waals surface area contributed by atoms with Gasteiger partial charge in [0.1, 0.15) is 0 Å². The van der Waals surface area contributed by atoms with Gasteiger partial charge >= 0.3 is 0 Å². The van der Waals surface area contributed by atoms with Gasteiger partial charge in [-0.25, -0.2) is 0 Å². The minimum Gasteiger partial charge on any atom is -0.329 e. The largest absolute Gasteiger partial charge is 0.329 e. The van der Waals surface area contributed by atoms with Crippen LogP contribution >= 0.6 is 0 Å². The Kier molecular flexibility index (Phi) is 4.20. The van der Waals surface area contributed by atoms with Crippen LogP contribution in [0.15, 0.2) is 0 Å². The Hall–Kier alpha value is -0.0800. The highest BCUT2D eigenvalue weighted by Gasteiger charge is 2.28. The van der Waals surface area contributed by atoms with E-state index in [9.17, 15) is 0 Å². The van der Waals surface area contributed by atoms with Crippen LogP contribution in [0.2, 0.25) is 0 Å². The molecule has 1 saturated carbocycles. The van der Waals surface area contributed by atoms with E-state index in [2.05, 4.69) is 13.8 Å². The summed E-state index contributed by atoms with van der Waals surface area (Å²) in [5.74, 6) is 2.74. The van der Waals surface area contributed by atoms with Crippen LogP contribution in [0.3, 0.4) is 0 Å². The maximum atomic E-state index is 5.81. The van der Waals surface area contributed by atoms with E-state index in [0.717, 1.165) is 24.2 Å². The van der Waals surface area contributed by atoms with Crippen LogP contribution < -0.4 is 11.5 Å². The molecule has 1 aliphatic carbocycles. The zero-order chi connectivity index (χ0) is 9.84. The number of nitrogens with two attached hydrogens (primary N) is 2. The SMILES string of the molecule is CC1CC(C)C(CCC(N)CN)C1. The summed E-state index contributed by atoms with van der Waals surface area (Å²) < 4.78 is 0. The molecular formula is C11H24N2. The summed E-state index contributed by atoms with van der Waals surface area (Å²) in [5.41, 5.74) is 11.3. The average Bonchev–Trinajstić information content (AvgIpc) is 2.41. The average molecular weight is 184 g/mol. The fraction of sp³-hybridized carbons (Fsp3) is 1.00. The molecule has 78 valence electrons. The van der Waals surface area contributed by atoms with Crippen LogP contribution in [0.1, 0.15) is 39.5 Å². The Labute approximate surface area is 82.1 Å². The maximum Gasteiger partial charge on any atom is 0.0163 e. The van der Waals surface area contributed by atoms with Gasteiger partial charge in [-0.2, -0.15) is 0 Å². The second-order valence-electron chi connectivity index (χ2n) is 4.89.